The van der Waals surface area contributed by atoms with Gasteiger partial charge < -0.3 is 15.0 Å². The first-order valence-corrected chi connectivity index (χ1v) is 10.4. The Labute approximate surface area is 155 Å². The van der Waals surface area contributed by atoms with Gasteiger partial charge in [-0.2, -0.15) is 0 Å². The fourth-order valence-corrected chi connectivity index (χ4v) is 4.64. The molecule has 0 amide bonds. The standard InChI is InChI=1S/C19H25N3O3S/c1-22(2)10-11-25-19-13-15(7-9-20-19)14-21-17-8-12-26(23,24)18-6-4-3-5-16(17)18/h3-7,9,13,17,21H,8,10-12,14H2,1-2H3. The zero-order chi connectivity index (χ0) is 18.6. The number of likely N-dealkylation sites (N-methyl/N-ethyl adjacent to an activating group) is 1. The second kappa shape index (κ2) is 8.16. The van der Waals surface area contributed by atoms with Crippen molar-refractivity contribution in [1.29, 1.82) is 0 Å². The van der Waals surface area contributed by atoms with E-state index in [1.807, 2.05) is 38.4 Å². The van der Waals surface area contributed by atoms with Crippen LogP contribution in [0.1, 0.15) is 23.6 Å². The summed E-state index contributed by atoms with van der Waals surface area (Å²) in [6.45, 7) is 2.05. The molecule has 0 fully saturated rings. The molecule has 1 aromatic heterocycles. The fourth-order valence-electron chi connectivity index (χ4n) is 3.02. The predicted molar refractivity (Wildman–Crippen MR) is 101 cm³/mol. The third kappa shape index (κ3) is 4.60. The minimum Gasteiger partial charge on any atom is -0.476 e. The van der Waals surface area contributed by atoms with Crippen molar-refractivity contribution in [2.75, 3.05) is 33.0 Å². The Morgan fingerprint density at radius 3 is 2.88 bits per heavy atom. The first-order chi connectivity index (χ1) is 12.5. The highest BCUT2D eigenvalue weighted by Crippen LogP contribution is 2.32. The number of aromatic nitrogens is 1. The van der Waals surface area contributed by atoms with Gasteiger partial charge in [0.15, 0.2) is 9.84 Å². The van der Waals surface area contributed by atoms with Gasteiger partial charge >= 0.3 is 0 Å². The summed E-state index contributed by atoms with van der Waals surface area (Å²) in [4.78, 5) is 6.74. The van der Waals surface area contributed by atoms with Crippen molar-refractivity contribution in [2.24, 2.45) is 0 Å². The van der Waals surface area contributed by atoms with Crippen LogP contribution in [0, 0.1) is 0 Å². The van der Waals surface area contributed by atoms with Crippen LogP contribution in [0.4, 0.5) is 0 Å². The number of fused-ring (bicyclic) bond motifs is 1. The SMILES string of the molecule is CN(C)CCOc1cc(CNC2CCS(=O)(=O)c3ccccc32)ccn1. The van der Waals surface area contributed by atoms with Gasteiger partial charge in [-0.25, -0.2) is 13.4 Å². The number of rotatable bonds is 7. The number of pyridine rings is 1. The molecule has 7 heteroatoms. The van der Waals surface area contributed by atoms with Gasteiger partial charge in [-0.1, -0.05) is 18.2 Å². The molecule has 140 valence electrons. The van der Waals surface area contributed by atoms with E-state index in [-0.39, 0.29) is 11.8 Å². The van der Waals surface area contributed by atoms with E-state index < -0.39 is 9.84 Å². The fraction of sp³-hybridized carbons (Fsp3) is 0.421. The number of hydrogen-bond acceptors (Lipinski definition) is 6. The van der Waals surface area contributed by atoms with Gasteiger partial charge in [-0.15, -0.1) is 0 Å². The molecule has 1 N–H and O–H groups in total. The third-order valence-corrected chi connectivity index (χ3v) is 6.26. The summed E-state index contributed by atoms with van der Waals surface area (Å²) in [6, 6.07) is 11.1. The second-order valence-electron chi connectivity index (χ2n) is 6.73. The lowest BCUT2D eigenvalue weighted by atomic mass is 10.0. The number of benzene rings is 1. The molecule has 3 rings (SSSR count). The minimum absolute atomic E-state index is 0.0287. The van der Waals surface area contributed by atoms with Crippen LogP contribution in [-0.2, 0) is 16.4 Å². The van der Waals surface area contributed by atoms with Crippen molar-refractivity contribution >= 4 is 9.84 Å². The summed E-state index contributed by atoms with van der Waals surface area (Å²) in [6.07, 6.45) is 2.32. The molecule has 1 aliphatic rings. The summed E-state index contributed by atoms with van der Waals surface area (Å²) in [5.41, 5.74) is 1.92. The molecule has 2 heterocycles. The molecule has 1 aromatic carbocycles. The summed E-state index contributed by atoms with van der Waals surface area (Å²) in [7, 11) is 0.843. The Balaban J connectivity index is 1.64. The van der Waals surface area contributed by atoms with Crippen LogP contribution in [0.3, 0.4) is 0 Å². The summed E-state index contributed by atoms with van der Waals surface area (Å²) in [5.74, 6) is 0.787. The van der Waals surface area contributed by atoms with E-state index in [0.29, 0.717) is 30.3 Å². The van der Waals surface area contributed by atoms with E-state index in [1.54, 1.807) is 18.3 Å². The molecule has 1 aliphatic heterocycles. The quantitative estimate of drug-likeness (QED) is 0.798. The molecular formula is C19H25N3O3S. The molecule has 0 radical (unpaired) electrons. The van der Waals surface area contributed by atoms with Gasteiger partial charge in [0, 0.05) is 31.4 Å². The molecule has 1 atom stereocenters. The van der Waals surface area contributed by atoms with Crippen molar-refractivity contribution in [2.45, 2.75) is 23.9 Å². The number of nitrogens with one attached hydrogen (secondary N) is 1. The van der Waals surface area contributed by atoms with Crippen molar-refractivity contribution in [3.8, 4) is 5.88 Å². The summed E-state index contributed by atoms with van der Waals surface area (Å²) in [5, 5.41) is 3.48. The molecule has 0 saturated carbocycles. The molecule has 26 heavy (non-hydrogen) atoms. The maximum absolute atomic E-state index is 12.2. The van der Waals surface area contributed by atoms with Crippen molar-refractivity contribution < 1.29 is 13.2 Å². The highest BCUT2D eigenvalue weighted by Gasteiger charge is 2.29. The molecule has 0 aliphatic carbocycles. The highest BCUT2D eigenvalue weighted by atomic mass is 32.2. The zero-order valence-corrected chi connectivity index (χ0v) is 16.0. The van der Waals surface area contributed by atoms with Crippen molar-refractivity contribution in [3.05, 3.63) is 53.7 Å². The largest absolute Gasteiger partial charge is 0.476 e. The predicted octanol–water partition coefficient (Wildman–Crippen LogP) is 2.03. The van der Waals surface area contributed by atoms with Crippen LogP contribution in [0.15, 0.2) is 47.5 Å². The Morgan fingerprint density at radius 1 is 1.27 bits per heavy atom. The molecule has 0 bridgehead atoms. The Hall–Kier alpha value is -1.96. The second-order valence-corrected chi connectivity index (χ2v) is 8.81. The third-order valence-electron chi connectivity index (χ3n) is 4.45. The van der Waals surface area contributed by atoms with E-state index in [1.165, 1.54) is 0 Å². The highest BCUT2D eigenvalue weighted by molar-refractivity contribution is 7.91. The maximum atomic E-state index is 12.2. The zero-order valence-electron chi connectivity index (χ0n) is 15.2. The molecule has 0 spiro atoms. The van der Waals surface area contributed by atoms with Gasteiger partial charge in [-0.05, 0) is 43.8 Å². The van der Waals surface area contributed by atoms with Crippen LogP contribution in [-0.4, -0.2) is 51.3 Å². The summed E-state index contributed by atoms with van der Waals surface area (Å²) < 4.78 is 30.1. The average Bonchev–Trinajstić information content (AvgIpc) is 2.61. The van der Waals surface area contributed by atoms with E-state index in [4.69, 9.17) is 4.74 Å². The van der Waals surface area contributed by atoms with Crippen LogP contribution in [0.2, 0.25) is 0 Å². The lowest BCUT2D eigenvalue weighted by molar-refractivity contribution is 0.253. The molecule has 2 aromatic rings. The van der Waals surface area contributed by atoms with Crippen LogP contribution < -0.4 is 10.1 Å². The van der Waals surface area contributed by atoms with E-state index in [0.717, 1.165) is 17.7 Å². The maximum Gasteiger partial charge on any atom is 0.213 e. The lowest BCUT2D eigenvalue weighted by Gasteiger charge is -2.26. The Bertz CT molecular complexity index is 853. The van der Waals surface area contributed by atoms with Gasteiger partial charge in [0.25, 0.3) is 0 Å². The molecular weight excluding hydrogens is 350 g/mol. The first kappa shape index (κ1) is 18.8. The van der Waals surface area contributed by atoms with E-state index >= 15 is 0 Å². The first-order valence-electron chi connectivity index (χ1n) is 8.73. The number of nitrogens with zero attached hydrogens (tertiary/aromatic N) is 2. The van der Waals surface area contributed by atoms with Gasteiger partial charge in [-0.3, -0.25) is 0 Å². The summed E-state index contributed by atoms with van der Waals surface area (Å²) >= 11 is 0. The number of sulfone groups is 1. The smallest absolute Gasteiger partial charge is 0.213 e. The molecule has 1 unspecified atom stereocenters. The lowest BCUT2D eigenvalue weighted by Crippen LogP contribution is -2.29. The number of ether oxygens (including phenoxy) is 1. The number of hydrogen-bond donors (Lipinski definition) is 1. The molecule has 0 saturated heterocycles. The minimum atomic E-state index is -3.16. The van der Waals surface area contributed by atoms with Gasteiger partial charge in [0.05, 0.1) is 10.6 Å². The van der Waals surface area contributed by atoms with Gasteiger partial charge in [0.1, 0.15) is 6.61 Å². The van der Waals surface area contributed by atoms with Crippen molar-refractivity contribution in [3.63, 3.8) is 0 Å². The van der Waals surface area contributed by atoms with Gasteiger partial charge in [0.2, 0.25) is 5.88 Å². The Kier molecular flexibility index (Phi) is 5.90. The average molecular weight is 375 g/mol. The van der Waals surface area contributed by atoms with E-state index in [9.17, 15) is 8.42 Å². The molecule has 6 nitrogen and oxygen atoms in total. The van der Waals surface area contributed by atoms with Crippen molar-refractivity contribution in [1.82, 2.24) is 15.2 Å². The van der Waals surface area contributed by atoms with Crippen LogP contribution in [0.5, 0.6) is 5.88 Å². The topological polar surface area (TPSA) is 71.5 Å². The van der Waals surface area contributed by atoms with E-state index in [2.05, 4.69) is 15.2 Å². The Morgan fingerprint density at radius 2 is 2.08 bits per heavy atom. The van der Waals surface area contributed by atoms with Crippen LogP contribution >= 0.6 is 0 Å². The monoisotopic (exact) mass is 375 g/mol. The normalized spacial score (nSPS) is 18.5. The van der Waals surface area contributed by atoms with Crippen LogP contribution in [0.25, 0.3) is 0 Å².